The molecule has 3 rings (SSSR count). The van der Waals surface area contributed by atoms with Gasteiger partial charge in [-0.3, -0.25) is 0 Å². The molecule has 0 bridgehead atoms. The summed E-state index contributed by atoms with van der Waals surface area (Å²) in [5, 5.41) is 0. The van der Waals surface area contributed by atoms with Gasteiger partial charge in [0.25, 0.3) is 0 Å². The summed E-state index contributed by atoms with van der Waals surface area (Å²) in [5.41, 5.74) is 0.838. The van der Waals surface area contributed by atoms with Crippen LogP contribution >= 0.6 is 11.6 Å². The lowest BCUT2D eigenvalue weighted by molar-refractivity contribution is -0.112. The van der Waals surface area contributed by atoms with E-state index in [-0.39, 0.29) is 11.7 Å². The van der Waals surface area contributed by atoms with Gasteiger partial charge in [-0.25, -0.2) is 0 Å². The molecule has 3 nitrogen and oxygen atoms in total. The zero-order valence-corrected chi connectivity index (χ0v) is 12.7. The predicted molar refractivity (Wildman–Crippen MR) is 81.8 cm³/mol. The lowest BCUT2D eigenvalue weighted by Crippen LogP contribution is -2.44. The van der Waals surface area contributed by atoms with Gasteiger partial charge < -0.3 is 14.2 Å². The van der Waals surface area contributed by atoms with Gasteiger partial charge in [0.1, 0.15) is 11.9 Å². The number of rotatable bonds is 2. The molecule has 2 saturated heterocycles. The lowest BCUT2D eigenvalue weighted by atomic mass is 9.91. The van der Waals surface area contributed by atoms with Crippen LogP contribution in [0.5, 0.6) is 5.75 Å². The van der Waals surface area contributed by atoms with E-state index in [1.54, 1.807) is 0 Å². The van der Waals surface area contributed by atoms with Crippen LogP contribution in [0.25, 0.3) is 0 Å². The van der Waals surface area contributed by atoms with Crippen LogP contribution in [-0.2, 0) is 9.47 Å². The van der Waals surface area contributed by atoms with E-state index < -0.39 is 0 Å². The third-order valence-electron chi connectivity index (χ3n) is 3.97. The fourth-order valence-corrected chi connectivity index (χ4v) is 2.96. The standard InChI is InChI=1S/C17H19ClO3/c18-9-1-2-14-3-5-15(6-4-14)21-16-7-10-20-17(12-16)8-11-19-13-17/h3-6,16H,7-13H2. The topological polar surface area (TPSA) is 27.7 Å². The predicted octanol–water partition coefficient (Wildman–Crippen LogP) is 2.99. The Balaban J connectivity index is 1.60. The Morgan fingerprint density at radius 2 is 2.14 bits per heavy atom. The molecule has 1 aromatic carbocycles. The minimum atomic E-state index is -0.116. The van der Waals surface area contributed by atoms with Crippen LogP contribution in [0.4, 0.5) is 0 Å². The Kier molecular flexibility index (Phi) is 4.70. The summed E-state index contributed by atoms with van der Waals surface area (Å²) in [4.78, 5) is 0. The second-order valence-corrected chi connectivity index (χ2v) is 5.79. The number of hydrogen-bond donors (Lipinski definition) is 0. The van der Waals surface area contributed by atoms with Gasteiger partial charge in [-0.1, -0.05) is 11.8 Å². The Labute approximate surface area is 130 Å². The van der Waals surface area contributed by atoms with E-state index in [0.29, 0.717) is 12.5 Å². The molecule has 0 aliphatic carbocycles. The van der Waals surface area contributed by atoms with Crippen molar-refractivity contribution < 1.29 is 14.2 Å². The molecule has 0 amide bonds. The quantitative estimate of drug-likeness (QED) is 0.621. The van der Waals surface area contributed by atoms with E-state index >= 15 is 0 Å². The zero-order chi connectivity index (χ0) is 14.5. The molecular weight excluding hydrogens is 288 g/mol. The van der Waals surface area contributed by atoms with E-state index in [0.717, 1.165) is 43.8 Å². The summed E-state index contributed by atoms with van der Waals surface area (Å²) in [6.07, 6.45) is 3.00. The van der Waals surface area contributed by atoms with Crippen molar-refractivity contribution in [1.29, 1.82) is 0 Å². The van der Waals surface area contributed by atoms with Crippen molar-refractivity contribution in [3.63, 3.8) is 0 Å². The Morgan fingerprint density at radius 3 is 2.86 bits per heavy atom. The summed E-state index contributed by atoms with van der Waals surface area (Å²) < 4.78 is 17.5. The smallest absolute Gasteiger partial charge is 0.119 e. The first-order valence-electron chi connectivity index (χ1n) is 7.33. The molecule has 2 fully saturated rings. The number of benzene rings is 1. The van der Waals surface area contributed by atoms with Crippen molar-refractivity contribution in [3.8, 4) is 17.6 Å². The molecule has 2 aliphatic rings. The third kappa shape index (κ3) is 3.71. The average Bonchev–Trinajstić information content (AvgIpc) is 2.94. The number of hydrogen-bond acceptors (Lipinski definition) is 3. The highest BCUT2D eigenvalue weighted by Crippen LogP contribution is 2.34. The van der Waals surface area contributed by atoms with Crippen LogP contribution < -0.4 is 4.74 Å². The van der Waals surface area contributed by atoms with Gasteiger partial charge in [0.2, 0.25) is 0 Å². The second-order valence-electron chi connectivity index (χ2n) is 5.53. The van der Waals surface area contributed by atoms with Gasteiger partial charge in [0.05, 0.1) is 24.7 Å². The SMILES string of the molecule is ClCC#Cc1ccc(OC2CCOC3(CCOC3)C2)cc1. The molecule has 4 heteroatoms. The molecule has 0 saturated carbocycles. The summed E-state index contributed by atoms with van der Waals surface area (Å²) in [7, 11) is 0. The fraction of sp³-hybridized carbons (Fsp3) is 0.529. The van der Waals surface area contributed by atoms with E-state index in [1.807, 2.05) is 24.3 Å². The van der Waals surface area contributed by atoms with Gasteiger partial charge in [0, 0.05) is 31.4 Å². The third-order valence-corrected chi connectivity index (χ3v) is 4.11. The van der Waals surface area contributed by atoms with Crippen molar-refractivity contribution in [1.82, 2.24) is 0 Å². The maximum atomic E-state index is 6.09. The molecule has 21 heavy (non-hydrogen) atoms. The second kappa shape index (κ2) is 6.70. The maximum absolute atomic E-state index is 6.09. The van der Waals surface area contributed by atoms with Gasteiger partial charge in [-0.2, -0.15) is 0 Å². The zero-order valence-electron chi connectivity index (χ0n) is 11.9. The first kappa shape index (κ1) is 14.7. The minimum absolute atomic E-state index is 0.116. The van der Waals surface area contributed by atoms with Crippen LogP contribution in [0.15, 0.2) is 24.3 Å². The van der Waals surface area contributed by atoms with Gasteiger partial charge >= 0.3 is 0 Å². The molecule has 112 valence electrons. The molecule has 2 atom stereocenters. The minimum Gasteiger partial charge on any atom is -0.490 e. The highest BCUT2D eigenvalue weighted by atomic mass is 35.5. The summed E-state index contributed by atoms with van der Waals surface area (Å²) in [6, 6.07) is 7.85. The van der Waals surface area contributed by atoms with Crippen molar-refractivity contribution in [2.24, 2.45) is 0 Å². The fourth-order valence-electron chi connectivity index (χ4n) is 2.89. The van der Waals surface area contributed by atoms with Crippen molar-refractivity contribution in [2.75, 3.05) is 25.7 Å². The van der Waals surface area contributed by atoms with Crippen LogP contribution in [0.2, 0.25) is 0 Å². The van der Waals surface area contributed by atoms with Gasteiger partial charge in [0.15, 0.2) is 0 Å². The molecule has 2 heterocycles. The van der Waals surface area contributed by atoms with E-state index in [4.69, 9.17) is 25.8 Å². The molecule has 1 spiro atoms. The van der Waals surface area contributed by atoms with Crippen LogP contribution in [0, 0.1) is 11.8 Å². The average molecular weight is 307 g/mol. The number of ether oxygens (including phenoxy) is 3. The van der Waals surface area contributed by atoms with E-state index in [1.165, 1.54) is 0 Å². The van der Waals surface area contributed by atoms with Crippen molar-refractivity contribution in [3.05, 3.63) is 29.8 Å². The largest absolute Gasteiger partial charge is 0.490 e. The van der Waals surface area contributed by atoms with Crippen LogP contribution in [-0.4, -0.2) is 37.4 Å². The van der Waals surface area contributed by atoms with Gasteiger partial charge in [-0.15, -0.1) is 11.6 Å². The number of alkyl halides is 1. The van der Waals surface area contributed by atoms with Crippen molar-refractivity contribution >= 4 is 11.6 Å². The highest BCUT2D eigenvalue weighted by Gasteiger charge is 2.41. The monoisotopic (exact) mass is 306 g/mol. The van der Waals surface area contributed by atoms with Crippen LogP contribution in [0.3, 0.4) is 0 Å². The van der Waals surface area contributed by atoms with E-state index in [2.05, 4.69) is 11.8 Å². The molecule has 2 aliphatic heterocycles. The Bertz CT molecular complexity index is 523. The van der Waals surface area contributed by atoms with Crippen molar-refractivity contribution in [2.45, 2.75) is 31.0 Å². The maximum Gasteiger partial charge on any atom is 0.119 e. The molecule has 1 aromatic rings. The molecule has 0 aromatic heterocycles. The molecular formula is C17H19ClO3. The molecule has 0 radical (unpaired) electrons. The normalized spacial score (nSPS) is 28.1. The Morgan fingerprint density at radius 1 is 1.29 bits per heavy atom. The van der Waals surface area contributed by atoms with Gasteiger partial charge in [-0.05, 0) is 24.3 Å². The highest BCUT2D eigenvalue weighted by molar-refractivity contribution is 6.19. The summed E-state index contributed by atoms with van der Waals surface area (Å²) >= 11 is 5.55. The first-order valence-corrected chi connectivity index (χ1v) is 7.86. The van der Waals surface area contributed by atoms with Crippen LogP contribution in [0.1, 0.15) is 24.8 Å². The van der Waals surface area contributed by atoms with E-state index in [9.17, 15) is 0 Å². The molecule has 0 N–H and O–H groups in total. The summed E-state index contributed by atoms with van der Waals surface area (Å²) in [6.45, 7) is 2.23. The first-order chi connectivity index (χ1) is 10.3. The lowest BCUT2D eigenvalue weighted by Gasteiger charge is -2.37. The summed E-state index contributed by atoms with van der Waals surface area (Å²) in [5.74, 6) is 7.07. The molecule has 2 unspecified atom stereocenters. The number of halogens is 1. The Hall–Kier alpha value is -1.21.